The molecule has 0 aromatic carbocycles. The number of nitrogens with two attached hydrogens (primary N) is 1. The Labute approximate surface area is 106 Å². The fourth-order valence-corrected chi connectivity index (χ4v) is 1.72. The van der Waals surface area contributed by atoms with Crippen LogP contribution < -0.4 is 5.73 Å². The second kappa shape index (κ2) is 5.35. The van der Waals surface area contributed by atoms with Gasteiger partial charge >= 0.3 is 0 Å². The predicted molar refractivity (Wildman–Crippen MR) is 64.0 cm³/mol. The molecule has 0 aliphatic carbocycles. The van der Waals surface area contributed by atoms with Crippen LogP contribution in [0.5, 0.6) is 0 Å². The van der Waals surface area contributed by atoms with Gasteiger partial charge in [-0.3, -0.25) is 4.98 Å². The van der Waals surface area contributed by atoms with Gasteiger partial charge < -0.3 is 15.0 Å². The summed E-state index contributed by atoms with van der Waals surface area (Å²) >= 11 is 3.37. The number of ether oxygens (including phenoxy) is 1. The summed E-state index contributed by atoms with van der Waals surface area (Å²) in [5.41, 5.74) is 6.40. The topological polar surface area (TPSA) is 87.1 Å². The van der Waals surface area contributed by atoms with E-state index in [1.807, 2.05) is 12.1 Å². The lowest BCUT2D eigenvalue weighted by atomic mass is 10.3. The van der Waals surface area contributed by atoms with Crippen LogP contribution in [0.3, 0.4) is 0 Å². The third-order valence-corrected chi connectivity index (χ3v) is 2.72. The Morgan fingerprint density at radius 3 is 3.12 bits per heavy atom. The molecule has 0 amide bonds. The largest absolute Gasteiger partial charge is 0.383 e. The molecule has 0 aliphatic rings. The molecule has 0 bridgehead atoms. The van der Waals surface area contributed by atoms with E-state index in [1.165, 1.54) is 0 Å². The zero-order chi connectivity index (χ0) is 12.3. The molecule has 2 aromatic rings. The number of aromatic nitrogens is 3. The van der Waals surface area contributed by atoms with E-state index in [1.54, 1.807) is 13.3 Å². The summed E-state index contributed by atoms with van der Waals surface area (Å²) < 4.78 is 10.8. The van der Waals surface area contributed by atoms with Gasteiger partial charge in [0.1, 0.15) is 11.7 Å². The molecule has 6 nitrogen and oxygen atoms in total. The van der Waals surface area contributed by atoms with Crippen molar-refractivity contribution >= 4 is 15.9 Å². The van der Waals surface area contributed by atoms with Crippen LogP contribution in [0, 0.1) is 0 Å². The molecule has 17 heavy (non-hydrogen) atoms. The van der Waals surface area contributed by atoms with Crippen molar-refractivity contribution in [3.63, 3.8) is 0 Å². The SMILES string of the molecule is COCC(N)c1nc(-c2ncccc2Br)no1. The maximum atomic E-state index is 5.78. The highest BCUT2D eigenvalue weighted by atomic mass is 79.9. The Morgan fingerprint density at radius 1 is 1.59 bits per heavy atom. The van der Waals surface area contributed by atoms with Crippen LogP contribution in [0.2, 0.25) is 0 Å². The van der Waals surface area contributed by atoms with Crippen LogP contribution in [-0.2, 0) is 4.74 Å². The number of hydrogen-bond donors (Lipinski definition) is 1. The van der Waals surface area contributed by atoms with Crippen molar-refractivity contribution in [3.05, 3.63) is 28.7 Å². The second-order valence-electron chi connectivity index (χ2n) is 3.35. The van der Waals surface area contributed by atoms with E-state index < -0.39 is 6.04 Å². The summed E-state index contributed by atoms with van der Waals surface area (Å²) in [5, 5.41) is 3.84. The van der Waals surface area contributed by atoms with Gasteiger partial charge in [0.15, 0.2) is 0 Å². The molecule has 7 heteroatoms. The van der Waals surface area contributed by atoms with Crippen LogP contribution >= 0.6 is 15.9 Å². The lowest BCUT2D eigenvalue weighted by molar-refractivity contribution is 0.166. The van der Waals surface area contributed by atoms with E-state index in [-0.39, 0.29) is 0 Å². The zero-order valence-electron chi connectivity index (χ0n) is 9.13. The summed E-state index contributed by atoms with van der Waals surface area (Å²) in [7, 11) is 1.56. The van der Waals surface area contributed by atoms with E-state index in [2.05, 4.69) is 31.1 Å². The summed E-state index contributed by atoms with van der Waals surface area (Å²) in [6.45, 7) is 0.324. The molecule has 1 atom stereocenters. The minimum absolute atomic E-state index is 0.324. The lowest BCUT2D eigenvalue weighted by Crippen LogP contribution is -2.16. The van der Waals surface area contributed by atoms with Crippen molar-refractivity contribution in [1.82, 2.24) is 15.1 Å². The minimum Gasteiger partial charge on any atom is -0.383 e. The number of methoxy groups -OCH3 is 1. The van der Waals surface area contributed by atoms with E-state index in [4.69, 9.17) is 15.0 Å². The summed E-state index contributed by atoms with van der Waals surface area (Å²) in [5.74, 6) is 0.735. The fraction of sp³-hybridized carbons (Fsp3) is 0.300. The Bertz CT molecular complexity index is 503. The van der Waals surface area contributed by atoms with Crippen molar-refractivity contribution < 1.29 is 9.26 Å². The standard InChI is InChI=1S/C10H11BrN4O2/c1-16-5-7(12)10-14-9(15-17-10)8-6(11)3-2-4-13-8/h2-4,7H,5,12H2,1H3. The molecule has 2 heterocycles. The molecule has 2 aromatic heterocycles. The van der Waals surface area contributed by atoms with Crippen LogP contribution in [0.25, 0.3) is 11.5 Å². The summed E-state index contributed by atoms with van der Waals surface area (Å²) in [4.78, 5) is 8.35. The van der Waals surface area contributed by atoms with Gasteiger partial charge in [-0.2, -0.15) is 4.98 Å². The number of rotatable bonds is 4. The third-order valence-electron chi connectivity index (χ3n) is 2.08. The molecular weight excluding hydrogens is 288 g/mol. The first-order valence-electron chi connectivity index (χ1n) is 4.91. The fourth-order valence-electron chi connectivity index (χ4n) is 1.28. The van der Waals surface area contributed by atoms with Gasteiger partial charge in [0, 0.05) is 17.8 Å². The molecule has 0 radical (unpaired) electrons. The third kappa shape index (κ3) is 2.68. The van der Waals surface area contributed by atoms with Crippen molar-refractivity contribution in [3.8, 4) is 11.5 Å². The van der Waals surface area contributed by atoms with E-state index >= 15 is 0 Å². The highest BCUT2D eigenvalue weighted by Gasteiger charge is 2.17. The number of pyridine rings is 1. The minimum atomic E-state index is -0.427. The number of hydrogen-bond acceptors (Lipinski definition) is 6. The van der Waals surface area contributed by atoms with Gasteiger partial charge in [0.05, 0.1) is 6.61 Å². The van der Waals surface area contributed by atoms with Crippen molar-refractivity contribution in [1.29, 1.82) is 0 Å². The number of nitrogens with zero attached hydrogens (tertiary/aromatic N) is 3. The quantitative estimate of drug-likeness (QED) is 0.921. The van der Waals surface area contributed by atoms with Crippen LogP contribution in [0.4, 0.5) is 0 Å². The smallest absolute Gasteiger partial charge is 0.246 e. The van der Waals surface area contributed by atoms with Crippen LogP contribution in [0.15, 0.2) is 27.3 Å². The zero-order valence-corrected chi connectivity index (χ0v) is 10.7. The second-order valence-corrected chi connectivity index (χ2v) is 4.21. The Morgan fingerprint density at radius 2 is 2.41 bits per heavy atom. The molecule has 0 fully saturated rings. The average molecular weight is 299 g/mol. The molecule has 0 saturated carbocycles. The van der Waals surface area contributed by atoms with Gasteiger partial charge in [-0.05, 0) is 28.1 Å². The number of halogens is 1. The lowest BCUT2D eigenvalue weighted by Gasteiger charge is -2.02. The first-order chi connectivity index (χ1) is 8.22. The van der Waals surface area contributed by atoms with E-state index in [0.717, 1.165) is 4.47 Å². The van der Waals surface area contributed by atoms with Crippen molar-refractivity contribution in [2.75, 3.05) is 13.7 Å². The first-order valence-corrected chi connectivity index (χ1v) is 5.70. The van der Waals surface area contributed by atoms with Crippen molar-refractivity contribution in [2.24, 2.45) is 5.73 Å². The average Bonchev–Trinajstić information content (AvgIpc) is 2.79. The molecule has 0 aliphatic heterocycles. The molecule has 0 spiro atoms. The molecule has 1 unspecified atom stereocenters. The first kappa shape index (κ1) is 12.2. The molecular formula is C10H11BrN4O2. The maximum absolute atomic E-state index is 5.78. The van der Waals surface area contributed by atoms with E-state index in [9.17, 15) is 0 Å². The molecule has 0 saturated heterocycles. The van der Waals surface area contributed by atoms with Gasteiger partial charge in [-0.25, -0.2) is 0 Å². The maximum Gasteiger partial charge on any atom is 0.246 e. The van der Waals surface area contributed by atoms with Gasteiger partial charge in [0.25, 0.3) is 0 Å². The van der Waals surface area contributed by atoms with Crippen LogP contribution in [-0.4, -0.2) is 28.8 Å². The highest BCUT2D eigenvalue weighted by Crippen LogP contribution is 2.23. The Hall–Kier alpha value is -1.31. The summed E-state index contributed by atoms with van der Waals surface area (Å²) in [6, 6.07) is 3.24. The van der Waals surface area contributed by atoms with Gasteiger partial charge in [0.2, 0.25) is 11.7 Å². The molecule has 2 N–H and O–H groups in total. The van der Waals surface area contributed by atoms with Gasteiger partial charge in [-0.1, -0.05) is 5.16 Å². The van der Waals surface area contributed by atoms with E-state index in [0.29, 0.717) is 24.0 Å². The Balaban J connectivity index is 2.27. The highest BCUT2D eigenvalue weighted by molar-refractivity contribution is 9.10. The Kier molecular flexibility index (Phi) is 3.82. The van der Waals surface area contributed by atoms with Crippen LogP contribution in [0.1, 0.15) is 11.9 Å². The molecule has 90 valence electrons. The van der Waals surface area contributed by atoms with Gasteiger partial charge in [-0.15, -0.1) is 0 Å². The van der Waals surface area contributed by atoms with Crippen molar-refractivity contribution in [2.45, 2.75) is 6.04 Å². The molecule has 2 rings (SSSR count). The monoisotopic (exact) mass is 298 g/mol. The summed E-state index contributed by atoms with van der Waals surface area (Å²) in [6.07, 6.45) is 1.66. The normalized spacial score (nSPS) is 12.6. The predicted octanol–water partition coefficient (Wildman–Crippen LogP) is 1.54.